The van der Waals surface area contributed by atoms with Gasteiger partial charge in [0.25, 0.3) is 0 Å². The standard InChI is InChI=1S/C15H19NO3/c17-15(9-12-10-18-8-7-16-12)11-1-3-13(4-2-11)19-14-5-6-14/h1-4,12,14,16H,5-10H2. The maximum absolute atomic E-state index is 12.1. The zero-order valence-corrected chi connectivity index (χ0v) is 10.9. The average molecular weight is 261 g/mol. The molecule has 102 valence electrons. The monoisotopic (exact) mass is 261 g/mol. The molecule has 2 aliphatic rings. The summed E-state index contributed by atoms with van der Waals surface area (Å²) in [5, 5.41) is 3.29. The molecule has 0 radical (unpaired) electrons. The van der Waals surface area contributed by atoms with Gasteiger partial charge in [0.05, 0.1) is 19.3 Å². The quantitative estimate of drug-likeness (QED) is 0.821. The van der Waals surface area contributed by atoms with Crippen LogP contribution in [0.3, 0.4) is 0 Å². The van der Waals surface area contributed by atoms with Crippen molar-refractivity contribution in [1.82, 2.24) is 5.32 Å². The van der Waals surface area contributed by atoms with Crippen LogP contribution < -0.4 is 10.1 Å². The van der Waals surface area contributed by atoms with Gasteiger partial charge in [0.2, 0.25) is 0 Å². The molecule has 1 aromatic carbocycles. The van der Waals surface area contributed by atoms with Gasteiger partial charge >= 0.3 is 0 Å². The third-order valence-corrected chi connectivity index (χ3v) is 3.43. The van der Waals surface area contributed by atoms with Crippen molar-refractivity contribution in [2.75, 3.05) is 19.8 Å². The van der Waals surface area contributed by atoms with Crippen molar-refractivity contribution in [1.29, 1.82) is 0 Å². The Balaban J connectivity index is 1.55. The highest BCUT2D eigenvalue weighted by Gasteiger charge is 2.23. The van der Waals surface area contributed by atoms with Crippen LogP contribution in [0, 0.1) is 0 Å². The Morgan fingerprint density at radius 3 is 2.74 bits per heavy atom. The van der Waals surface area contributed by atoms with E-state index in [1.807, 2.05) is 24.3 Å². The molecule has 1 atom stereocenters. The van der Waals surface area contributed by atoms with E-state index in [-0.39, 0.29) is 11.8 Å². The van der Waals surface area contributed by atoms with Crippen molar-refractivity contribution in [2.24, 2.45) is 0 Å². The molecule has 0 amide bonds. The van der Waals surface area contributed by atoms with Crippen molar-refractivity contribution in [2.45, 2.75) is 31.4 Å². The Morgan fingerprint density at radius 2 is 2.11 bits per heavy atom. The Hall–Kier alpha value is -1.39. The van der Waals surface area contributed by atoms with Gasteiger partial charge in [-0.2, -0.15) is 0 Å². The number of nitrogens with one attached hydrogen (secondary N) is 1. The summed E-state index contributed by atoms with van der Waals surface area (Å²) in [7, 11) is 0. The molecular formula is C15H19NO3. The minimum atomic E-state index is 0.142. The molecular weight excluding hydrogens is 242 g/mol. The van der Waals surface area contributed by atoms with Gasteiger partial charge in [-0.05, 0) is 37.1 Å². The summed E-state index contributed by atoms with van der Waals surface area (Å²) < 4.78 is 11.0. The van der Waals surface area contributed by atoms with Crippen molar-refractivity contribution in [3.05, 3.63) is 29.8 Å². The summed E-state index contributed by atoms with van der Waals surface area (Å²) in [5.74, 6) is 1.01. The Kier molecular flexibility index (Phi) is 3.80. The molecule has 1 aliphatic carbocycles. The predicted molar refractivity (Wildman–Crippen MR) is 71.6 cm³/mol. The number of morpholine rings is 1. The van der Waals surface area contributed by atoms with Crippen molar-refractivity contribution < 1.29 is 14.3 Å². The molecule has 3 rings (SSSR count). The Labute approximate surface area is 113 Å². The van der Waals surface area contributed by atoms with E-state index in [1.165, 1.54) is 0 Å². The minimum Gasteiger partial charge on any atom is -0.490 e. The van der Waals surface area contributed by atoms with Crippen molar-refractivity contribution >= 4 is 5.78 Å². The third-order valence-electron chi connectivity index (χ3n) is 3.43. The lowest BCUT2D eigenvalue weighted by molar-refractivity contribution is 0.0676. The van der Waals surface area contributed by atoms with Crippen LogP contribution in [0.25, 0.3) is 0 Å². The van der Waals surface area contributed by atoms with E-state index >= 15 is 0 Å². The maximum Gasteiger partial charge on any atom is 0.164 e. The predicted octanol–water partition coefficient (Wildman–Crippen LogP) is 1.79. The lowest BCUT2D eigenvalue weighted by Crippen LogP contribution is -2.42. The molecule has 0 aromatic heterocycles. The largest absolute Gasteiger partial charge is 0.490 e. The second-order valence-electron chi connectivity index (χ2n) is 5.19. The maximum atomic E-state index is 12.1. The Bertz CT molecular complexity index is 433. The molecule has 4 nitrogen and oxygen atoms in total. The molecule has 1 N–H and O–H groups in total. The van der Waals surface area contributed by atoms with Crippen LogP contribution in [0.5, 0.6) is 5.75 Å². The van der Waals surface area contributed by atoms with Gasteiger partial charge in [0.1, 0.15) is 5.75 Å². The van der Waals surface area contributed by atoms with Gasteiger partial charge in [-0.15, -0.1) is 0 Å². The first-order chi connectivity index (χ1) is 9.31. The first kappa shape index (κ1) is 12.6. The van der Waals surface area contributed by atoms with Crippen LogP contribution in [0.1, 0.15) is 29.6 Å². The molecule has 1 aliphatic heterocycles. The number of ketones is 1. The number of carbonyl (C=O) groups excluding carboxylic acids is 1. The number of rotatable bonds is 5. The first-order valence-electron chi connectivity index (χ1n) is 6.92. The van der Waals surface area contributed by atoms with E-state index < -0.39 is 0 Å². The van der Waals surface area contributed by atoms with Gasteiger partial charge in [-0.25, -0.2) is 0 Å². The summed E-state index contributed by atoms with van der Waals surface area (Å²) in [6.45, 7) is 2.18. The normalized spacial score (nSPS) is 23.1. The van der Waals surface area contributed by atoms with Crippen molar-refractivity contribution in [3.63, 3.8) is 0 Å². The molecule has 1 saturated heterocycles. The van der Waals surface area contributed by atoms with Crippen LogP contribution in [0.15, 0.2) is 24.3 Å². The zero-order chi connectivity index (χ0) is 13.1. The number of hydrogen-bond acceptors (Lipinski definition) is 4. The van der Waals surface area contributed by atoms with Crippen LogP contribution in [0.2, 0.25) is 0 Å². The van der Waals surface area contributed by atoms with Gasteiger partial charge in [0, 0.05) is 24.6 Å². The molecule has 0 bridgehead atoms. The number of hydrogen-bond donors (Lipinski definition) is 1. The number of ether oxygens (including phenoxy) is 2. The molecule has 1 unspecified atom stereocenters. The first-order valence-corrected chi connectivity index (χ1v) is 6.92. The van der Waals surface area contributed by atoms with E-state index in [1.54, 1.807) is 0 Å². The Morgan fingerprint density at radius 1 is 1.32 bits per heavy atom. The fourth-order valence-electron chi connectivity index (χ4n) is 2.19. The number of benzene rings is 1. The fourth-order valence-corrected chi connectivity index (χ4v) is 2.19. The smallest absolute Gasteiger partial charge is 0.164 e. The summed E-state index contributed by atoms with van der Waals surface area (Å²) >= 11 is 0. The van der Waals surface area contributed by atoms with Gasteiger partial charge in [-0.1, -0.05) is 0 Å². The van der Waals surface area contributed by atoms with E-state index in [0.29, 0.717) is 19.1 Å². The van der Waals surface area contributed by atoms with E-state index in [0.717, 1.165) is 37.3 Å². The molecule has 19 heavy (non-hydrogen) atoms. The summed E-state index contributed by atoms with van der Waals surface area (Å²) in [6.07, 6.45) is 3.18. The highest BCUT2D eigenvalue weighted by molar-refractivity contribution is 5.96. The van der Waals surface area contributed by atoms with Crippen LogP contribution in [-0.2, 0) is 4.74 Å². The second kappa shape index (κ2) is 5.72. The molecule has 0 spiro atoms. The van der Waals surface area contributed by atoms with Gasteiger partial charge in [0.15, 0.2) is 5.78 Å². The lowest BCUT2D eigenvalue weighted by Gasteiger charge is -2.23. The number of Topliss-reactive ketones (excluding diaryl/α,β-unsaturated/α-hetero) is 1. The van der Waals surface area contributed by atoms with Crippen LogP contribution in [-0.4, -0.2) is 37.7 Å². The molecule has 1 saturated carbocycles. The minimum absolute atomic E-state index is 0.142. The summed E-state index contributed by atoms with van der Waals surface area (Å²) in [5.41, 5.74) is 0.746. The van der Waals surface area contributed by atoms with Gasteiger partial charge < -0.3 is 14.8 Å². The van der Waals surface area contributed by atoms with Gasteiger partial charge in [-0.3, -0.25) is 4.79 Å². The molecule has 1 aromatic rings. The molecule has 2 fully saturated rings. The topological polar surface area (TPSA) is 47.6 Å². The third kappa shape index (κ3) is 3.55. The van der Waals surface area contributed by atoms with E-state index in [9.17, 15) is 4.79 Å². The van der Waals surface area contributed by atoms with E-state index in [4.69, 9.17) is 9.47 Å². The number of carbonyl (C=O) groups is 1. The second-order valence-corrected chi connectivity index (χ2v) is 5.19. The van der Waals surface area contributed by atoms with Crippen molar-refractivity contribution in [3.8, 4) is 5.75 Å². The highest BCUT2D eigenvalue weighted by atomic mass is 16.5. The SMILES string of the molecule is O=C(CC1COCCN1)c1ccc(OC2CC2)cc1. The lowest BCUT2D eigenvalue weighted by atomic mass is 10.0. The zero-order valence-electron chi connectivity index (χ0n) is 10.9. The summed E-state index contributed by atoms with van der Waals surface area (Å²) in [6, 6.07) is 7.61. The van der Waals surface area contributed by atoms with E-state index in [2.05, 4.69) is 5.32 Å². The fraction of sp³-hybridized carbons (Fsp3) is 0.533. The highest BCUT2D eigenvalue weighted by Crippen LogP contribution is 2.26. The molecule has 1 heterocycles. The molecule has 4 heteroatoms. The average Bonchev–Trinajstić information content (AvgIpc) is 3.25. The summed E-state index contributed by atoms with van der Waals surface area (Å²) in [4.78, 5) is 12.1. The van der Waals surface area contributed by atoms with Crippen LogP contribution in [0.4, 0.5) is 0 Å². The van der Waals surface area contributed by atoms with Crippen LogP contribution >= 0.6 is 0 Å².